The van der Waals surface area contributed by atoms with Crippen LogP contribution in [0.2, 0.25) is 10.0 Å². The average Bonchev–Trinajstić information content (AvgIpc) is 3.62. The number of aliphatic hydroxyl groups is 1. The SMILES string of the molecule is CS(=O)(=O)N(c1cc(F)cc(C(=O)NC2(CCO)CC2)c1)C1CN(C(c2ccc(Cl)cc2)c2ccc(Cl)cc2)C1. The van der Waals surface area contributed by atoms with Crippen LogP contribution in [0.5, 0.6) is 0 Å². The molecule has 1 aliphatic heterocycles. The molecule has 0 spiro atoms. The lowest BCUT2D eigenvalue weighted by Crippen LogP contribution is -2.61. The molecule has 3 aromatic carbocycles. The highest BCUT2D eigenvalue weighted by molar-refractivity contribution is 7.92. The second kappa shape index (κ2) is 11.3. The van der Waals surface area contributed by atoms with Gasteiger partial charge in [0.25, 0.3) is 5.91 Å². The van der Waals surface area contributed by atoms with Crippen molar-refractivity contribution >= 4 is 44.8 Å². The molecule has 2 aliphatic rings. The van der Waals surface area contributed by atoms with Crippen molar-refractivity contribution in [3.63, 3.8) is 0 Å². The van der Waals surface area contributed by atoms with Gasteiger partial charge in [0.15, 0.2) is 0 Å². The Morgan fingerprint density at radius 3 is 2.08 bits per heavy atom. The van der Waals surface area contributed by atoms with Crippen molar-refractivity contribution < 1.29 is 22.7 Å². The molecule has 40 heavy (non-hydrogen) atoms. The lowest BCUT2D eigenvalue weighted by Gasteiger charge is -2.48. The molecule has 2 N–H and O–H groups in total. The van der Waals surface area contributed by atoms with Crippen LogP contribution < -0.4 is 9.62 Å². The third-order valence-corrected chi connectivity index (χ3v) is 9.27. The summed E-state index contributed by atoms with van der Waals surface area (Å²) in [5.41, 5.74) is 1.61. The zero-order chi connectivity index (χ0) is 28.7. The van der Waals surface area contributed by atoms with Crippen LogP contribution in [0.1, 0.15) is 46.8 Å². The summed E-state index contributed by atoms with van der Waals surface area (Å²) in [6.07, 6.45) is 2.96. The third-order valence-electron chi connectivity index (χ3n) is 7.54. The molecule has 5 rings (SSSR count). The summed E-state index contributed by atoms with van der Waals surface area (Å²) in [6.45, 7) is 0.684. The number of amides is 1. The Bertz CT molecular complexity index is 1450. The van der Waals surface area contributed by atoms with E-state index in [4.69, 9.17) is 23.2 Å². The fourth-order valence-corrected chi connectivity index (χ4v) is 6.79. The van der Waals surface area contributed by atoms with Crippen LogP contribution in [0.3, 0.4) is 0 Å². The van der Waals surface area contributed by atoms with Gasteiger partial charge in [-0.05, 0) is 72.9 Å². The van der Waals surface area contributed by atoms with E-state index in [9.17, 15) is 22.7 Å². The highest BCUT2D eigenvalue weighted by Gasteiger charge is 2.44. The van der Waals surface area contributed by atoms with Crippen molar-refractivity contribution in [3.05, 3.63) is 99.3 Å². The van der Waals surface area contributed by atoms with E-state index in [0.29, 0.717) is 29.6 Å². The Morgan fingerprint density at radius 1 is 1.05 bits per heavy atom. The Labute approximate surface area is 243 Å². The van der Waals surface area contributed by atoms with E-state index in [2.05, 4.69) is 10.2 Å². The third kappa shape index (κ3) is 6.29. The molecule has 1 saturated heterocycles. The minimum absolute atomic E-state index is 0.0317. The first-order valence-corrected chi connectivity index (χ1v) is 15.6. The molecule has 0 aromatic heterocycles. The number of hydrogen-bond donors (Lipinski definition) is 2. The first-order valence-electron chi connectivity index (χ1n) is 13.0. The molecule has 11 heteroatoms. The fraction of sp³-hybridized carbons (Fsp3) is 0.345. The van der Waals surface area contributed by atoms with E-state index in [-0.39, 0.29) is 23.9 Å². The molecule has 212 valence electrons. The van der Waals surface area contributed by atoms with Gasteiger partial charge in [-0.25, -0.2) is 12.8 Å². The molecule has 3 aromatic rings. The molecule has 0 unspecified atom stereocenters. The Morgan fingerprint density at radius 2 is 1.60 bits per heavy atom. The van der Waals surface area contributed by atoms with E-state index in [0.717, 1.165) is 42.4 Å². The number of aliphatic hydroxyl groups excluding tert-OH is 1. The minimum Gasteiger partial charge on any atom is -0.396 e. The lowest BCUT2D eigenvalue weighted by atomic mass is 9.93. The molecule has 1 heterocycles. The first-order chi connectivity index (χ1) is 19.0. The number of halogens is 3. The molecule has 0 bridgehead atoms. The van der Waals surface area contributed by atoms with E-state index < -0.39 is 33.3 Å². The van der Waals surface area contributed by atoms with E-state index in [1.165, 1.54) is 10.4 Å². The highest BCUT2D eigenvalue weighted by atomic mass is 35.5. The van der Waals surface area contributed by atoms with Gasteiger partial charge in [-0.15, -0.1) is 0 Å². The van der Waals surface area contributed by atoms with E-state index in [1.54, 1.807) is 0 Å². The minimum atomic E-state index is -3.82. The van der Waals surface area contributed by atoms with Crippen LogP contribution in [0, 0.1) is 5.82 Å². The summed E-state index contributed by atoms with van der Waals surface area (Å²) in [7, 11) is -3.82. The van der Waals surface area contributed by atoms with E-state index in [1.807, 2.05) is 48.5 Å². The van der Waals surface area contributed by atoms with Gasteiger partial charge in [0.1, 0.15) is 5.82 Å². The van der Waals surface area contributed by atoms with Crippen molar-refractivity contribution in [2.75, 3.05) is 30.3 Å². The Balaban J connectivity index is 1.41. The number of benzene rings is 3. The molecular weight excluding hydrogens is 576 g/mol. The monoisotopic (exact) mass is 605 g/mol. The van der Waals surface area contributed by atoms with Crippen molar-refractivity contribution in [1.29, 1.82) is 0 Å². The molecular formula is C29H30Cl2FN3O4S. The quantitative estimate of drug-likeness (QED) is 0.339. The van der Waals surface area contributed by atoms with Crippen LogP contribution >= 0.6 is 23.2 Å². The van der Waals surface area contributed by atoms with Gasteiger partial charge < -0.3 is 10.4 Å². The Kier molecular flexibility index (Phi) is 8.14. The molecule has 7 nitrogen and oxygen atoms in total. The summed E-state index contributed by atoms with van der Waals surface area (Å²) in [5, 5.41) is 13.4. The molecule has 2 fully saturated rings. The maximum absolute atomic E-state index is 14.8. The van der Waals surface area contributed by atoms with Crippen molar-refractivity contribution in [3.8, 4) is 0 Å². The van der Waals surface area contributed by atoms with Crippen LogP contribution in [-0.2, 0) is 10.0 Å². The van der Waals surface area contributed by atoms with Gasteiger partial charge in [0.05, 0.1) is 24.0 Å². The van der Waals surface area contributed by atoms with Gasteiger partial charge >= 0.3 is 0 Å². The highest BCUT2D eigenvalue weighted by Crippen LogP contribution is 2.39. The normalized spacial score (nSPS) is 16.9. The van der Waals surface area contributed by atoms with Crippen LogP contribution in [0.25, 0.3) is 0 Å². The predicted octanol–water partition coefficient (Wildman–Crippen LogP) is 5.02. The lowest BCUT2D eigenvalue weighted by molar-refractivity contribution is 0.0923. The summed E-state index contributed by atoms with van der Waals surface area (Å²) >= 11 is 12.2. The topological polar surface area (TPSA) is 90.0 Å². The maximum Gasteiger partial charge on any atom is 0.251 e. The summed E-state index contributed by atoms with van der Waals surface area (Å²) < 4.78 is 42.0. The van der Waals surface area contributed by atoms with E-state index >= 15 is 0 Å². The molecule has 1 saturated carbocycles. The first kappa shape index (κ1) is 28.8. The zero-order valence-corrected chi connectivity index (χ0v) is 24.2. The zero-order valence-electron chi connectivity index (χ0n) is 21.9. The summed E-state index contributed by atoms with van der Waals surface area (Å²) in [5.74, 6) is -1.21. The number of nitrogens with zero attached hydrogens (tertiary/aromatic N) is 2. The number of sulfonamides is 1. The van der Waals surface area contributed by atoms with Crippen molar-refractivity contribution in [1.82, 2.24) is 10.2 Å². The molecule has 1 aliphatic carbocycles. The number of anilines is 1. The van der Waals surface area contributed by atoms with Crippen molar-refractivity contribution in [2.24, 2.45) is 0 Å². The number of likely N-dealkylation sites (tertiary alicyclic amines) is 1. The number of carbonyl (C=O) groups excluding carboxylic acids is 1. The number of carbonyl (C=O) groups is 1. The van der Waals surface area contributed by atoms with Gasteiger partial charge in [0, 0.05) is 40.8 Å². The fourth-order valence-electron chi connectivity index (χ4n) is 5.37. The van der Waals surface area contributed by atoms with Gasteiger partial charge in [-0.3, -0.25) is 14.0 Å². The summed E-state index contributed by atoms with van der Waals surface area (Å²) in [4.78, 5) is 15.1. The Hall–Kier alpha value is -2.69. The molecule has 1 amide bonds. The summed E-state index contributed by atoms with van der Waals surface area (Å²) in [6, 6.07) is 18.0. The second-order valence-corrected chi connectivity index (χ2v) is 13.3. The molecule has 0 atom stereocenters. The van der Waals surface area contributed by atoms with Gasteiger partial charge in [0.2, 0.25) is 10.0 Å². The standard InChI is InChI=1S/C29H30Cl2FN3O4S/c1-40(38,39)35(25-15-21(14-24(32)16-25)28(37)33-29(10-11-29)12-13-36)26-17-34(18-26)27(19-2-6-22(30)7-3-19)20-4-8-23(31)9-5-20/h2-9,14-16,26-27,36H,10-13,17-18H2,1H3,(H,33,37). The number of rotatable bonds is 10. The molecule has 0 radical (unpaired) electrons. The van der Waals surface area contributed by atoms with Crippen LogP contribution in [-0.4, -0.2) is 61.9 Å². The smallest absolute Gasteiger partial charge is 0.251 e. The van der Waals surface area contributed by atoms with Gasteiger partial charge in [-0.2, -0.15) is 0 Å². The van der Waals surface area contributed by atoms with Crippen LogP contribution in [0.15, 0.2) is 66.7 Å². The van der Waals surface area contributed by atoms with Crippen LogP contribution in [0.4, 0.5) is 10.1 Å². The maximum atomic E-state index is 14.8. The van der Waals surface area contributed by atoms with Gasteiger partial charge in [-0.1, -0.05) is 47.5 Å². The predicted molar refractivity (Wildman–Crippen MR) is 155 cm³/mol. The second-order valence-electron chi connectivity index (χ2n) is 10.6. The van der Waals surface area contributed by atoms with Crippen molar-refractivity contribution in [2.45, 2.75) is 36.9 Å². The number of hydrogen-bond acceptors (Lipinski definition) is 5. The average molecular weight is 607 g/mol. The number of nitrogens with one attached hydrogen (secondary N) is 1. The largest absolute Gasteiger partial charge is 0.396 e.